The number of carbonyl (C=O) groups excluding carboxylic acids is 1. The number of aliphatic carboxylic acids is 1. The number of carboxylic acids is 1. The number of amides is 1. The number of hydrogen-bond donors (Lipinski definition) is 2. The van der Waals surface area contributed by atoms with Gasteiger partial charge in [0.1, 0.15) is 0 Å². The van der Waals surface area contributed by atoms with Gasteiger partial charge in [-0.1, -0.05) is 0 Å². The van der Waals surface area contributed by atoms with Crippen LogP contribution in [-0.2, 0) is 9.59 Å². The van der Waals surface area contributed by atoms with Crippen molar-refractivity contribution in [2.75, 3.05) is 39.3 Å². The molecular formula is C13H25N3O3. The van der Waals surface area contributed by atoms with Crippen LogP contribution in [0.5, 0.6) is 0 Å². The number of nitrogens with one attached hydrogen (secondary N) is 1. The highest BCUT2D eigenvalue weighted by molar-refractivity contribution is 5.79. The Balaban J connectivity index is 2.50. The summed E-state index contributed by atoms with van der Waals surface area (Å²) in [5.74, 6) is -0.837. The fourth-order valence-electron chi connectivity index (χ4n) is 2.44. The van der Waals surface area contributed by atoms with Crippen molar-refractivity contribution in [3.05, 3.63) is 0 Å². The van der Waals surface area contributed by atoms with Gasteiger partial charge >= 0.3 is 5.97 Å². The molecule has 1 aliphatic heterocycles. The van der Waals surface area contributed by atoms with E-state index in [0.717, 1.165) is 32.6 Å². The molecule has 0 bridgehead atoms. The van der Waals surface area contributed by atoms with E-state index < -0.39 is 5.97 Å². The van der Waals surface area contributed by atoms with E-state index >= 15 is 0 Å². The van der Waals surface area contributed by atoms with E-state index in [4.69, 9.17) is 5.11 Å². The molecule has 0 aromatic carbocycles. The van der Waals surface area contributed by atoms with Gasteiger partial charge in [0.25, 0.3) is 0 Å². The molecule has 1 unspecified atom stereocenters. The molecule has 0 saturated carbocycles. The maximum Gasteiger partial charge on any atom is 0.305 e. The predicted molar refractivity (Wildman–Crippen MR) is 73.0 cm³/mol. The molecule has 2 N–H and O–H groups in total. The molecule has 1 saturated heterocycles. The number of hydrogen-bond acceptors (Lipinski definition) is 4. The van der Waals surface area contributed by atoms with E-state index in [0.29, 0.717) is 13.1 Å². The average molecular weight is 271 g/mol. The van der Waals surface area contributed by atoms with E-state index in [1.54, 1.807) is 11.8 Å². The summed E-state index contributed by atoms with van der Waals surface area (Å²) in [6.07, 6.45) is 1.05. The van der Waals surface area contributed by atoms with Crippen molar-refractivity contribution < 1.29 is 14.7 Å². The van der Waals surface area contributed by atoms with Crippen molar-refractivity contribution in [3.63, 3.8) is 0 Å². The van der Waals surface area contributed by atoms with E-state index in [9.17, 15) is 9.59 Å². The Labute approximate surface area is 114 Å². The lowest BCUT2D eigenvalue weighted by Crippen LogP contribution is -2.45. The minimum atomic E-state index is -0.863. The Morgan fingerprint density at radius 1 is 1.37 bits per heavy atom. The van der Waals surface area contributed by atoms with Gasteiger partial charge in [-0.25, -0.2) is 0 Å². The molecule has 6 nitrogen and oxygen atoms in total. The molecule has 19 heavy (non-hydrogen) atoms. The van der Waals surface area contributed by atoms with Gasteiger partial charge in [0.2, 0.25) is 5.91 Å². The van der Waals surface area contributed by atoms with E-state index in [1.807, 2.05) is 6.92 Å². The summed E-state index contributed by atoms with van der Waals surface area (Å²) in [6, 6.07) is -0.250. The van der Waals surface area contributed by atoms with Crippen LogP contribution in [0.25, 0.3) is 0 Å². The van der Waals surface area contributed by atoms with Gasteiger partial charge in [0.05, 0.1) is 13.0 Å². The second kappa shape index (κ2) is 8.12. The Morgan fingerprint density at radius 3 is 2.74 bits per heavy atom. The smallest absolute Gasteiger partial charge is 0.305 e. The number of rotatable bonds is 6. The first-order valence-electron chi connectivity index (χ1n) is 6.99. The van der Waals surface area contributed by atoms with Crippen molar-refractivity contribution in [1.29, 1.82) is 0 Å². The highest BCUT2D eigenvalue weighted by Gasteiger charge is 2.22. The van der Waals surface area contributed by atoms with Gasteiger partial charge in [-0.05, 0) is 33.4 Å². The number of carboxylic acid groups (broad SMARTS) is 1. The fourth-order valence-corrected chi connectivity index (χ4v) is 2.44. The SMILES string of the molecule is CCN(C(=O)CN1CCCNCC1)C(C)CC(=O)O. The standard InChI is InChI=1S/C13H25N3O3/c1-3-16(11(2)9-13(18)19)12(17)10-15-7-4-5-14-6-8-15/h11,14H,3-10H2,1-2H3,(H,18,19). The second-order valence-electron chi connectivity index (χ2n) is 5.01. The van der Waals surface area contributed by atoms with Crippen LogP contribution >= 0.6 is 0 Å². The molecule has 0 aliphatic carbocycles. The highest BCUT2D eigenvalue weighted by Crippen LogP contribution is 2.06. The molecule has 0 spiro atoms. The van der Waals surface area contributed by atoms with E-state index in [1.165, 1.54) is 0 Å². The van der Waals surface area contributed by atoms with Gasteiger partial charge < -0.3 is 15.3 Å². The summed E-state index contributed by atoms with van der Waals surface area (Å²) >= 11 is 0. The molecule has 1 aliphatic rings. The van der Waals surface area contributed by atoms with Crippen molar-refractivity contribution in [1.82, 2.24) is 15.1 Å². The average Bonchev–Trinajstić information content (AvgIpc) is 2.57. The van der Waals surface area contributed by atoms with Crippen molar-refractivity contribution >= 4 is 11.9 Å². The molecule has 0 aromatic rings. The van der Waals surface area contributed by atoms with Crippen LogP contribution in [0.15, 0.2) is 0 Å². The zero-order valence-corrected chi connectivity index (χ0v) is 11.9. The van der Waals surface area contributed by atoms with Crippen LogP contribution in [-0.4, -0.2) is 72.1 Å². The minimum Gasteiger partial charge on any atom is -0.481 e. The predicted octanol–water partition coefficient (Wildman–Crippen LogP) is -0.00660. The minimum absolute atomic E-state index is 0.00113. The third kappa shape index (κ3) is 5.57. The lowest BCUT2D eigenvalue weighted by atomic mass is 10.2. The molecule has 6 heteroatoms. The van der Waals surface area contributed by atoms with Gasteiger partial charge in [-0.3, -0.25) is 14.5 Å². The summed E-state index contributed by atoms with van der Waals surface area (Å²) in [5.41, 5.74) is 0. The summed E-state index contributed by atoms with van der Waals surface area (Å²) in [7, 11) is 0. The molecule has 1 heterocycles. The molecule has 110 valence electrons. The van der Waals surface area contributed by atoms with Crippen molar-refractivity contribution in [3.8, 4) is 0 Å². The topological polar surface area (TPSA) is 72.9 Å². The molecule has 1 amide bonds. The maximum atomic E-state index is 12.2. The largest absolute Gasteiger partial charge is 0.481 e. The number of carbonyl (C=O) groups is 2. The molecule has 0 radical (unpaired) electrons. The van der Waals surface area contributed by atoms with Gasteiger partial charge in [-0.2, -0.15) is 0 Å². The second-order valence-corrected chi connectivity index (χ2v) is 5.01. The Bertz CT molecular complexity index is 302. The van der Waals surface area contributed by atoms with Crippen molar-refractivity contribution in [2.45, 2.75) is 32.7 Å². The number of nitrogens with zero attached hydrogens (tertiary/aromatic N) is 2. The molecule has 1 rings (SSSR count). The molecule has 0 aromatic heterocycles. The third-order valence-electron chi connectivity index (χ3n) is 3.45. The van der Waals surface area contributed by atoms with Crippen LogP contribution < -0.4 is 5.32 Å². The first-order valence-corrected chi connectivity index (χ1v) is 6.99. The maximum absolute atomic E-state index is 12.2. The first-order chi connectivity index (χ1) is 9.04. The zero-order valence-electron chi connectivity index (χ0n) is 11.9. The molecular weight excluding hydrogens is 246 g/mol. The van der Waals surface area contributed by atoms with Gasteiger partial charge in [0, 0.05) is 25.7 Å². The lowest BCUT2D eigenvalue weighted by Gasteiger charge is -2.29. The monoisotopic (exact) mass is 271 g/mol. The first kappa shape index (κ1) is 15.9. The lowest BCUT2D eigenvalue weighted by molar-refractivity contribution is -0.140. The summed E-state index contributed by atoms with van der Waals surface area (Å²) < 4.78 is 0. The molecule has 1 atom stereocenters. The van der Waals surface area contributed by atoms with Crippen LogP contribution in [0, 0.1) is 0 Å². The van der Waals surface area contributed by atoms with Crippen LogP contribution in [0.1, 0.15) is 26.7 Å². The normalized spacial score (nSPS) is 18.6. The zero-order chi connectivity index (χ0) is 14.3. The number of likely N-dealkylation sites (N-methyl/N-ethyl adjacent to an activating group) is 1. The summed E-state index contributed by atoms with van der Waals surface area (Å²) in [4.78, 5) is 26.8. The third-order valence-corrected chi connectivity index (χ3v) is 3.45. The quantitative estimate of drug-likeness (QED) is 0.711. The summed E-state index contributed by atoms with van der Waals surface area (Å²) in [5, 5.41) is 12.1. The summed E-state index contributed by atoms with van der Waals surface area (Å²) in [6.45, 7) is 8.32. The molecule has 1 fully saturated rings. The van der Waals surface area contributed by atoms with Gasteiger partial charge in [-0.15, -0.1) is 0 Å². The Morgan fingerprint density at radius 2 is 2.11 bits per heavy atom. The van der Waals surface area contributed by atoms with Crippen LogP contribution in [0.4, 0.5) is 0 Å². The van der Waals surface area contributed by atoms with Crippen LogP contribution in [0.3, 0.4) is 0 Å². The van der Waals surface area contributed by atoms with E-state index in [-0.39, 0.29) is 18.4 Å². The van der Waals surface area contributed by atoms with Crippen molar-refractivity contribution in [2.24, 2.45) is 0 Å². The van der Waals surface area contributed by atoms with Gasteiger partial charge in [0.15, 0.2) is 0 Å². The van der Waals surface area contributed by atoms with E-state index in [2.05, 4.69) is 10.2 Å². The Kier molecular flexibility index (Phi) is 6.80. The highest BCUT2D eigenvalue weighted by atomic mass is 16.4. The van der Waals surface area contributed by atoms with Crippen LogP contribution in [0.2, 0.25) is 0 Å². The Hall–Kier alpha value is -1.14. The fraction of sp³-hybridized carbons (Fsp3) is 0.846.